The van der Waals surface area contributed by atoms with Crippen molar-refractivity contribution in [3.05, 3.63) is 45.1 Å². The van der Waals surface area contributed by atoms with Gasteiger partial charge in [0.15, 0.2) is 0 Å². The number of methoxy groups -OCH3 is 1. The Morgan fingerprint density at radius 3 is 2.77 bits per heavy atom. The molecule has 0 saturated carbocycles. The zero-order valence-electron chi connectivity index (χ0n) is 12.0. The van der Waals surface area contributed by atoms with Crippen molar-refractivity contribution >= 4 is 28.9 Å². The largest absolute Gasteiger partial charge is 0.495 e. The highest BCUT2D eigenvalue weighted by Gasteiger charge is 2.19. The predicted molar refractivity (Wildman–Crippen MR) is 84.3 cm³/mol. The van der Waals surface area contributed by atoms with Gasteiger partial charge in [-0.3, -0.25) is 4.79 Å². The monoisotopic (exact) mass is 317 g/mol. The van der Waals surface area contributed by atoms with E-state index in [0.717, 1.165) is 19.3 Å². The molecule has 0 fully saturated rings. The highest BCUT2D eigenvalue weighted by Crippen LogP contribution is 2.32. The molecule has 0 aliphatic heterocycles. The highest BCUT2D eigenvalue weighted by molar-refractivity contribution is 7.14. The molecule has 1 aromatic carbocycles. The van der Waals surface area contributed by atoms with Crippen molar-refractivity contribution in [2.75, 3.05) is 12.4 Å². The molecule has 0 unspecified atom stereocenters. The van der Waals surface area contributed by atoms with E-state index in [2.05, 4.69) is 5.32 Å². The molecule has 0 spiro atoms. The summed E-state index contributed by atoms with van der Waals surface area (Å²) >= 11 is 1.52. The maximum atomic E-state index is 12.3. The van der Waals surface area contributed by atoms with Crippen LogP contribution in [-0.2, 0) is 12.8 Å². The number of anilines is 1. The van der Waals surface area contributed by atoms with Crippen LogP contribution in [0.25, 0.3) is 0 Å². The van der Waals surface area contributed by atoms with Crippen molar-refractivity contribution in [3.8, 4) is 5.75 Å². The summed E-state index contributed by atoms with van der Waals surface area (Å²) < 4.78 is 5.16. The molecule has 1 aromatic heterocycles. The van der Waals surface area contributed by atoms with Gasteiger partial charge in [-0.25, -0.2) is 4.79 Å². The van der Waals surface area contributed by atoms with Gasteiger partial charge in [0.2, 0.25) is 0 Å². The lowest BCUT2D eigenvalue weighted by Crippen LogP contribution is -2.11. The lowest BCUT2D eigenvalue weighted by Gasteiger charge is -2.10. The minimum Gasteiger partial charge on any atom is -0.495 e. The smallest absolute Gasteiger partial charge is 0.335 e. The highest BCUT2D eigenvalue weighted by atomic mass is 32.1. The van der Waals surface area contributed by atoms with Crippen LogP contribution in [0.3, 0.4) is 0 Å². The third kappa shape index (κ3) is 2.69. The Hall–Kier alpha value is -2.34. The predicted octanol–water partition coefficient (Wildman–Crippen LogP) is 3.20. The van der Waals surface area contributed by atoms with Gasteiger partial charge < -0.3 is 15.2 Å². The number of hydrogen-bond acceptors (Lipinski definition) is 4. The van der Waals surface area contributed by atoms with E-state index in [1.54, 1.807) is 6.07 Å². The molecule has 6 heteroatoms. The van der Waals surface area contributed by atoms with Crippen LogP contribution in [0.15, 0.2) is 24.3 Å². The zero-order chi connectivity index (χ0) is 15.7. The molecule has 22 heavy (non-hydrogen) atoms. The minimum atomic E-state index is -1.04. The summed E-state index contributed by atoms with van der Waals surface area (Å²) in [5.74, 6) is -0.899. The van der Waals surface area contributed by atoms with Crippen molar-refractivity contribution in [1.29, 1.82) is 0 Å². The van der Waals surface area contributed by atoms with Crippen LogP contribution >= 0.6 is 11.3 Å². The SMILES string of the molecule is COc1cc(C(=O)O)ccc1NC(=O)c1cc2c(s1)CCC2. The van der Waals surface area contributed by atoms with Crippen LogP contribution in [0.2, 0.25) is 0 Å². The van der Waals surface area contributed by atoms with E-state index < -0.39 is 5.97 Å². The number of rotatable bonds is 4. The van der Waals surface area contributed by atoms with Gasteiger partial charge in [-0.2, -0.15) is 0 Å². The number of ether oxygens (including phenoxy) is 1. The van der Waals surface area contributed by atoms with Crippen LogP contribution in [-0.4, -0.2) is 24.1 Å². The number of benzene rings is 1. The number of hydrogen-bond donors (Lipinski definition) is 2. The molecule has 1 aliphatic carbocycles. The molecule has 3 rings (SSSR count). The summed E-state index contributed by atoms with van der Waals surface area (Å²) in [6.45, 7) is 0. The van der Waals surface area contributed by atoms with Gasteiger partial charge in [0.05, 0.1) is 23.2 Å². The van der Waals surface area contributed by atoms with E-state index in [0.29, 0.717) is 16.3 Å². The Morgan fingerprint density at radius 2 is 2.09 bits per heavy atom. The molecule has 0 saturated heterocycles. The molecular weight excluding hydrogens is 302 g/mol. The summed E-state index contributed by atoms with van der Waals surface area (Å²) in [7, 11) is 1.44. The van der Waals surface area contributed by atoms with E-state index in [1.807, 2.05) is 6.07 Å². The normalized spacial score (nSPS) is 12.8. The molecule has 5 nitrogen and oxygen atoms in total. The number of aromatic carboxylic acids is 1. The van der Waals surface area contributed by atoms with Crippen molar-refractivity contribution < 1.29 is 19.4 Å². The molecule has 2 aromatic rings. The number of carbonyl (C=O) groups excluding carboxylic acids is 1. The van der Waals surface area contributed by atoms with Crippen molar-refractivity contribution in [1.82, 2.24) is 0 Å². The summed E-state index contributed by atoms with van der Waals surface area (Å²) in [6.07, 6.45) is 3.24. The van der Waals surface area contributed by atoms with E-state index in [4.69, 9.17) is 9.84 Å². The number of amides is 1. The molecule has 114 valence electrons. The van der Waals surface area contributed by atoms with Crippen molar-refractivity contribution in [2.24, 2.45) is 0 Å². The van der Waals surface area contributed by atoms with E-state index >= 15 is 0 Å². The van der Waals surface area contributed by atoms with Gasteiger partial charge in [0, 0.05) is 4.88 Å². The van der Waals surface area contributed by atoms with Gasteiger partial charge in [0.25, 0.3) is 5.91 Å². The number of carbonyl (C=O) groups is 2. The number of carboxylic acid groups (broad SMARTS) is 1. The van der Waals surface area contributed by atoms with Crippen LogP contribution in [0.5, 0.6) is 5.75 Å². The number of carboxylic acids is 1. The van der Waals surface area contributed by atoms with Gasteiger partial charge in [-0.05, 0) is 49.1 Å². The maximum Gasteiger partial charge on any atom is 0.335 e. The number of aryl methyl sites for hydroxylation is 2. The molecule has 1 heterocycles. The quantitative estimate of drug-likeness (QED) is 0.908. The fourth-order valence-electron chi connectivity index (χ4n) is 2.55. The first kappa shape index (κ1) is 14.6. The van der Waals surface area contributed by atoms with Gasteiger partial charge >= 0.3 is 5.97 Å². The third-order valence-corrected chi connectivity index (χ3v) is 4.90. The Labute approximate surface area is 131 Å². The first-order chi connectivity index (χ1) is 10.6. The van der Waals surface area contributed by atoms with Crippen molar-refractivity contribution in [3.63, 3.8) is 0 Å². The minimum absolute atomic E-state index is 0.116. The fourth-order valence-corrected chi connectivity index (χ4v) is 3.70. The van der Waals surface area contributed by atoms with Gasteiger partial charge in [-0.1, -0.05) is 0 Å². The lowest BCUT2D eigenvalue weighted by molar-refractivity contribution is 0.0696. The van der Waals surface area contributed by atoms with Crippen LogP contribution in [0.4, 0.5) is 5.69 Å². The number of thiophene rings is 1. The molecule has 2 N–H and O–H groups in total. The van der Waals surface area contributed by atoms with E-state index in [1.165, 1.54) is 41.0 Å². The van der Waals surface area contributed by atoms with E-state index in [-0.39, 0.29) is 11.5 Å². The Balaban J connectivity index is 1.82. The summed E-state index contributed by atoms with van der Waals surface area (Å²) in [4.78, 5) is 25.3. The second-order valence-electron chi connectivity index (χ2n) is 5.09. The van der Waals surface area contributed by atoms with E-state index in [9.17, 15) is 9.59 Å². The second-order valence-corrected chi connectivity index (χ2v) is 6.22. The lowest BCUT2D eigenvalue weighted by atomic mass is 10.2. The summed E-state index contributed by atoms with van der Waals surface area (Å²) in [5, 5.41) is 11.8. The average Bonchev–Trinajstić information content (AvgIpc) is 3.08. The summed E-state index contributed by atoms with van der Waals surface area (Å²) in [6, 6.07) is 6.32. The zero-order valence-corrected chi connectivity index (χ0v) is 12.8. The van der Waals surface area contributed by atoms with Crippen LogP contribution in [0, 0.1) is 0 Å². The summed E-state index contributed by atoms with van der Waals surface area (Å²) in [5.41, 5.74) is 1.85. The molecule has 1 amide bonds. The second kappa shape index (κ2) is 5.81. The maximum absolute atomic E-state index is 12.3. The van der Waals surface area contributed by atoms with Gasteiger partial charge in [0.1, 0.15) is 5.75 Å². The molecule has 1 aliphatic rings. The average molecular weight is 317 g/mol. The topological polar surface area (TPSA) is 75.6 Å². The van der Waals surface area contributed by atoms with Crippen molar-refractivity contribution in [2.45, 2.75) is 19.3 Å². The molecule has 0 atom stereocenters. The van der Waals surface area contributed by atoms with Gasteiger partial charge in [-0.15, -0.1) is 11.3 Å². The third-order valence-electron chi connectivity index (χ3n) is 3.67. The number of nitrogens with one attached hydrogen (secondary N) is 1. The molecule has 0 bridgehead atoms. The number of fused-ring (bicyclic) bond motifs is 1. The Kier molecular flexibility index (Phi) is 3.85. The van der Waals surface area contributed by atoms with Crippen LogP contribution in [0.1, 0.15) is 36.9 Å². The standard InChI is InChI=1S/C16H15NO4S/c1-21-12-7-10(16(19)20)5-6-11(12)17-15(18)14-8-9-3-2-4-13(9)22-14/h5-8H,2-4H2,1H3,(H,17,18)(H,19,20). The Bertz CT molecular complexity index is 729. The molecular formula is C16H15NO4S. The first-order valence-electron chi connectivity index (χ1n) is 6.92. The Morgan fingerprint density at radius 1 is 1.27 bits per heavy atom. The van der Waals surface area contributed by atoms with Crippen LogP contribution < -0.4 is 10.1 Å². The fraction of sp³-hybridized carbons (Fsp3) is 0.250. The first-order valence-corrected chi connectivity index (χ1v) is 7.74. The molecule has 0 radical (unpaired) electrons.